The fourth-order valence-electron chi connectivity index (χ4n) is 4.29. The van der Waals surface area contributed by atoms with Crippen molar-refractivity contribution in [1.29, 1.82) is 0 Å². The summed E-state index contributed by atoms with van der Waals surface area (Å²) in [5.41, 5.74) is 4.67. The van der Waals surface area contributed by atoms with Crippen molar-refractivity contribution in [3.05, 3.63) is 113 Å². The molecule has 0 bridgehead atoms. The molecule has 0 amide bonds. The zero-order chi connectivity index (χ0) is 24.1. The number of halogens is 2. The van der Waals surface area contributed by atoms with Gasteiger partial charge in [0.15, 0.2) is 0 Å². The lowest BCUT2D eigenvalue weighted by Gasteiger charge is -2.22. The molecular weight excluding hydrogens is 432 g/mol. The van der Waals surface area contributed by atoms with Crippen LogP contribution in [-0.4, -0.2) is 17.1 Å². The molecular formula is C29H27F2NO2. The van der Waals surface area contributed by atoms with Crippen molar-refractivity contribution in [3.63, 3.8) is 0 Å². The maximum Gasteiger partial charge on any atom is 0.331 e. The number of nitrogens with zero attached hydrogens (tertiary/aromatic N) is 1. The number of aromatic nitrogens is 1. The van der Waals surface area contributed by atoms with Gasteiger partial charge in [-0.05, 0) is 78.1 Å². The summed E-state index contributed by atoms with van der Waals surface area (Å²) in [6.07, 6.45) is 5.23. The van der Waals surface area contributed by atoms with Crippen LogP contribution in [0.3, 0.4) is 0 Å². The third kappa shape index (κ3) is 5.09. The Morgan fingerprint density at radius 2 is 1.53 bits per heavy atom. The van der Waals surface area contributed by atoms with E-state index in [2.05, 4.69) is 17.6 Å². The lowest BCUT2D eigenvalue weighted by Crippen LogP contribution is -2.11. The molecule has 0 aliphatic carbocycles. The number of ether oxygens (including phenoxy) is 1. The lowest BCUT2D eigenvalue weighted by atomic mass is 9.97. The van der Waals surface area contributed by atoms with Gasteiger partial charge in [-0.3, -0.25) is 0 Å². The monoisotopic (exact) mass is 459 g/mol. The molecule has 3 aromatic carbocycles. The van der Waals surface area contributed by atoms with E-state index in [0.29, 0.717) is 6.61 Å². The zero-order valence-electron chi connectivity index (χ0n) is 19.3. The highest BCUT2D eigenvalue weighted by atomic mass is 19.1. The third-order valence-corrected chi connectivity index (χ3v) is 5.84. The molecule has 3 nitrogen and oxygen atoms in total. The molecule has 0 radical (unpaired) electrons. The average Bonchev–Trinajstić information content (AvgIpc) is 3.24. The molecule has 0 aliphatic heterocycles. The molecule has 0 atom stereocenters. The van der Waals surface area contributed by atoms with E-state index < -0.39 is 0 Å². The Labute approximate surface area is 198 Å². The number of hydrogen-bond donors (Lipinski definition) is 0. The zero-order valence-corrected chi connectivity index (χ0v) is 19.3. The normalized spacial score (nSPS) is 11.9. The van der Waals surface area contributed by atoms with E-state index in [9.17, 15) is 13.6 Å². The van der Waals surface area contributed by atoms with Gasteiger partial charge in [0.25, 0.3) is 0 Å². The molecule has 1 heterocycles. The summed E-state index contributed by atoms with van der Waals surface area (Å²) in [4.78, 5) is 12.1. The Kier molecular flexibility index (Phi) is 7.21. The first-order valence-corrected chi connectivity index (χ1v) is 11.5. The topological polar surface area (TPSA) is 31.2 Å². The van der Waals surface area contributed by atoms with Crippen molar-refractivity contribution in [1.82, 2.24) is 4.57 Å². The van der Waals surface area contributed by atoms with Crippen molar-refractivity contribution >= 4 is 22.4 Å². The lowest BCUT2D eigenvalue weighted by molar-refractivity contribution is -0.137. The Morgan fingerprint density at radius 1 is 0.912 bits per heavy atom. The summed E-state index contributed by atoms with van der Waals surface area (Å²) in [5, 5.41) is 1.01. The van der Waals surface area contributed by atoms with Crippen LogP contribution in [0.4, 0.5) is 8.78 Å². The number of hydrogen-bond acceptors (Lipinski definition) is 2. The second kappa shape index (κ2) is 10.5. The van der Waals surface area contributed by atoms with Crippen molar-refractivity contribution in [2.45, 2.75) is 32.7 Å². The Bertz CT molecular complexity index is 1260. The van der Waals surface area contributed by atoms with Gasteiger partial charge in [-0.15, -0.1) is 0 Å². The molecule has 4 aromatic rings. The first-order chi connectivity index (χ1) is 16.5. The van der Waals surface area contributed by atoms with Crippen LogP contribution < -0.4 is 0 Å². The highest BCUT2D eigenvalue weighted by Crippen LogP contribution is 2.33. The summed E-state index contributed by atoms with van der Waals surface area (Å²) in [6.45, 7) is 4.20. The number of esters is 1. The molecule has 0 N–H and O–H groups in total. The summed E-state index contributed by atoms with van der Waals surface area (Å²) < 4.78 is 34.5. The molecule has 174 valence electrons. The van der Waals surface area contributed by atoms with E-state index in [4.69, 9.17) is 4.74 Å². The van der Waals surface area contributed by atoms with Gasteiger partial charge < -0.3 is 9.30 Å². The maximum atomic E-state index is 13.6. The number of fused-ring (bicyclic) bond motifs is 1. The van der Waals surface area contributed by atoms with E-state index >= 15 is 0 Å². The van der Waals surface area contributed by atoms with Gasteiger partial charge in [0.05, 0.1) is 12.6 Å². The summed E-state index contributed by atoms with van der Waals surface area (Å²) in [7, 11) is 0. The minimum Gasteiger partial charge on any atom is -0.463 e. The second-order valence-electron chi connectivity index (χ2n) is 8.17. The van der Waals surface area contributed by atoms with Crippen LogP contribution in [0.25, 0.3) is 16.5 Å². The summed E-state index contributed by atoms with van der Waals surface area (Å²) in [6, 6.07) is 20.6. The van der Waals surface area contributed by atoms with Crippen molar-refractivity contribution in [3.8, 4) is 0 Å². The minimum absolute atomic E-state index is 0.255. The molecule has 0 spiro atoms. The van der Waals surface area contributed by atoms with Crippen LogP contribution in [0.15, 0.2) is 85.1 Å². The van der Waals surface area contributed by atoms with Crippen molar-refractivity contribution in [2.75, 3.05) is 6.61 Å². The van der Waals surface area contributed by atoms with E-state index in [-0.39, 0.29) is 23.6 Å². The predicted molar refractivity (Wildman–Crippen MR) is 131 cm³/mol. The number of allylic oxidation sites excluding steroid dienone is 1. The van der Waals surface area contributed by atoms with Gasteiger partial charge in [0.1, 0.15) is 11.6 Å². The van der Waals surface area contributed by atoms with E-state index in [1.807, 2.05) is 24.4 Å². The molecule has 4 rings (SSSR count). The maximum absolute atomic E-state index is 13.6. The Morgan fingerprint density at radius 3 is 2.09 bits per heavy atom. The van der Waals surface area contributed by atoms with Gasteiger partial charge >= 0.3 is 5.97 Å². The standard InChI is InChI=1S/C29H27F2NO2/c1-3-5-22(19-28(33)34-4-2)23-10-15-27-24(18-23)16-17-32(27)29(20-6-11-25(30)12-7-20)21-8-13-26(31)14-9-21/h6-19,29H,3-5H2,1-2H3/b22-19+. The molecule has 0 unspecified atom stereocenters. The van der Waals surface area contributed by atoms with Crippen LogP contribution >= 0.6 is 0 Å². The van der Waals surface area contributed by atoms with E-state index in [1.165, 1.54) is 24.3 Å². The highest BCUT2D eigenvalue weighted by Gasteiger charge is 2.19. The Balaban J connectivity index is 1.79. The van der Waals surface area contributed by atoms with Gasteiger partial charge in [-0.25, -0.2) is 13.6 Å². The Hall–Kier alpha value is -3.73. The largest absolute Gasteiger partial charge is 0.463 e. The van der Waals surface area contributed by atoms with Crippen LogP contribution in [0.1, 0.15) is 49.4 Å². The van der Waals surface area contributed by atoms with Crippen LogP contribution in [-0.2, 0) is 9.53 Å². The average molecular weight is 460 g/mol. The predicted octanol–water partition coefficient (Wildman–Crippen LogP) is 7.30. The smallest absolute Gasteiger partial charge is 0.331 e. The molecule has 5 heteroatoms. The number of benzene rings is 3. The summed E-state index contributed by atoms with van der Waals surface area (Å²) >= 11 is 0. The minimum atomic E-state index is -0.337. The van der Waals surface area contributed by atoms with Crippen LogP contribution in [0.5, 0.6) is 0 Å². The van der Waals surface area contributed by atoms with Crippen LogP contribution in [0.2, 0.25) is 0 Å². The van der Waals surface area contributed by atoms with E-state index in [0.717, 1.165) is 46.0 Å². The van der Waals surface area contributed by atoms with Gasteiger partial charge in [-0.2, -0.15) is 0 Å². The summed E-state index contributed by atoms with van der Waals surface area (Å²) in [5.74, 6) is -0.947. The quantitative estimate of drug-likeness (QED) is 0.204. The molecule has 0 fully saturated rings. The van der Waals surface area contributed by atoms with E-state index in [1.54, 1.807) is 37.3 Å². The second-order valence-corrected chi connectivity index (χ2v) is 8.17. The first-order valence-electron chi connectivity index (χ1n) is 11.5. The van der Waals surface area contributed by atoms with Crippen LogP contribution in [0, 0.1) is 11.6 Å². The molecule has 1 aromatic heterocycles. The van der Waals surface area contributed by atoms with Crippen molar-refractivity contribution < 1.29 is 18.3 Å². The van der Waals surface area contributed by atoms with Gasteiger partial charge in [0.2, 0.25) is 0 Å². The molecule has 0 saturated heterocycles. The molecule has 34 heavy (non-hydrogen) atoms. The number of carbonyl (C=O) groups is 1. The third-order valence-electron chi connectivity index (χ3n) is 5.84. The van der Waals surface area contributed by atoms with Crippen molar-refractivity contribution in [2.24, 2.45) is 0 Å². The number of rotatable bonds is 8. The fraction of sp³-hybridized carbons (Fsp3) is 0.207. The molecule has 0 aliphatic rings. The van der Waals surface area contributed by atoms with Gasteiger partial charge in [-0.1, -0.05) is 43.7 Å². The first kappa shape index (κ1) is 23.4. The highest BCUT2D eigenvalue weighted by molar-refractivity contribution is 5.93. The van der Waals surface area contributed by atoms with Gasteiger partial charge in [0, 0.05) is 23.2 Å². The number of carbonyl (C=O) groups excluding carboxylic acids is 1. The fourth-order valence-corrected chi connectivity index (χ4v) is 4.29. The SMILES string of the molecule is CCC/C(=C\C(=O)OCC)c1ccc2c(ccn2C(c2ccc(F)cc2)c2ccc(F)cc2)c1. The molecule has 0 saturated carbocycles.